The second kappa shape index (κ2) is 5.69. The second-order valence-corrected chi connectivity index (χ2v) is 5.69. The van der Waals surface area contributed by atoms with E-state index in [-0.39, 0.29) is 5.91 Å². The summed E-state index contributed by atoms with van der Waals surface area (Å²) in [6.45, 7) is 2.49. The summed E-state index contributed by atoms with van der Waals surface area (Å²) in [7, 11) is 0. The van der Waals surface area contributed by atoms with Crippen molar-refractivity contribution in [1.29, 1.82) is 0 Å². The number of carbonyl (C=O) groups excluding carboxylic acids is 1. The van der Waals surface area contributed by atoms with Gasteiger partial charge < -0.3 is 10.0 Å². The van der Waals surface area contributed by atoms with Gasteiger partial charge in [0.1, 0.15) is 6.04 Å². The molecule has 2 unspecified atom stereocenters. The first-order valence-electron chi connectivity index (χ1n) is 6.14. The average molecular weight is 327 g/mol. The average Bonchev–Trinajstić information content (AvgIpc) is 2.38. The van der Waals surface area contributed by atoms with Gasteiger partial charge in [0.15, 0.2) is 0 Å². The van der Waals surface area contributed by atoms with E-state index in [0.717, 1.165) is 6.42 Å². The first kappa shape index (κ1) is 14.0. The molecule has 0 aromatic carbocycles. The molecule has 0 spiro atoms. The van der Waals surface area contributed by atoms with Crippen molar-refractivity contribution in [3.63, 3.8) is 0 Å². The van der Waals surface area contributed by atoms with Gasteiger partial charge in [-0.25, -0.2) is 4.79 Å². The van der Waals surface area contributed by atoms with Crippen LogP contribution >= 0.6 is 15.9 Å². The molecule has 1 saturated heterocycles. The fraction of sp³-hybridized carbons (Fsp3) is 0.462. The molecule has 1 fully saturated rings. The lowest BCUT2D eigenvalue weighted by molar-refractivity contribution is -0.144. The van der Waals surface area contributed by atoms with E-state index < -0.39 is 12.0 Å². The maximum absolute atomic E-state index is 12.4. The van der Waals surface area contributed by atoms with Crippen LogP contribution in [-0.2, 0) is 4.79 Å². The lowest BCUT2D eigenvalue weighted by atomic mass is 9.92. The van der Waals surface area contributed by atoms with E-state index >= 15 is 0 Å². The number of rotatable bonds is 2. The lowest BCUT2D eigenvalue weighted by Gasteiger charge is -2.36. The van der Waals surface area contributed by atoms with Crippen molar-refractivity contribution in [1.82, 2.24) is 9.88 Å². The minimum atomic E-state index is -0.940. The summed E-state index contributed by atoms with van der Waals surface area (Å²) in [4.78, 5) is 29.1. The molecule has 2 rings (SSSR count). The fourth-order valence-corrected chi connectivity index (χ4v) is 2.74. The van der Waals surface area contributed by atoms with Gasteiger partial charge >= 0.3 is 5.97 Å². The summed E-state index contributed by atoms with van der Waals surface area (Å²) in [6, 6.07) is 0.861. The molecule has 2 heterocycles. The number of piperidine rings is 1. The molecule has 1 aliphatic heterocycles. The van der Waals surface area contributed by atoms with Crippen LogP contribution in [0.2, 0.25) is 0 Å². The van der Waals surface area contributed by atoms with Gasteiger partial charge in [-0.1, -0.05) is 6.92 Å². The number of aliphatic carboxylic acids is 1. The molecular formula is C13H15BrN2O3. The second-order valence-electron chi connectivity index (χ2n) is 4.84. The Kier molecular flexibility index (Phi) is 4.19. The Morgan fingerprint density at radius 2 is 2.26 bits per heavy atom. The van der Waals surface area contributed by atoms with Crippen molar-refractivity contribution in [3.8, 4) is 0 Å². The highest BCUT2D eigenvalue weighted by Crippen LogP contribution is 2.26. The molecule has 1 aliphatic rings. The fourth-order valence-electron chi connectivity index (χ4n) is 2.32. The maximum atomic E-state index is 12.4. The van der Waals surface area contributed by atoms with Crippen LogP contribution in [0.4, 0.5) is 0 Å². The number of nitrogens with zero attached hydrogens (tertiary/aromatic N) is 2. The summed E-state index contributed by atoms with van der Waals surface area (Å²) in [5, 5.41) is 9.27. The van der Waals surface area contributed by atoms with E-state index in [0.29, 0.717) is 28.9 Å². The molecule has 0 saturated carbocycles. The number of carbonyl (C=O) groups is 2. The SMILES string of the molecule is CC1CCN(C(=O)c2ccncc2Br)C(C(=O)O)C1. The van der Waals surface area contributed by atoms with E-state index in [1.54, 1.807) is 6.07 Å². The van der Waals surface area contributed by atoms with Gasteiger partial charge in [-0.05, 0) is 40.8 Å². The molecule has 1 amide bonds. The van der Waals surface area contributed by atoms with Gasteiger partial charge in [0.05, 0.1) is 5.56 Å². The van der Waals surface area contributed by atoms with Gasteiger partial charge in [-0.15, -0.1) is 0 Å². The number of carboxylic acid groups (broad SMARTS) is 1. The first-order valence-corrected chi connectivity index (χ1v) is 6.93. The Labute approximate surface area is 119 Å². The number of pyridine rings is 1. The number of aromatic nitrogens is 1. The Bertz CT molecular complexity index is 506. The number of halogens is 1. The van der Waals surface area contributed by atoms with E-state index in [9.17, 15) is 14.7 Å². The Morgan fingerprint density at radius 1 is 1.53 bits per heavy atom. The maximum Gasteiger partial charge on any atom is 0.326 e. The molecule has 1 aromatic rings. The van der Waals surface area contributed by atoms with Crippen molar-refractivity contribution in [2.75, 3.05) is 6.54 Å². The molecular weight excluding hydrogens is 312 g/mol. The van der Waals surface area contributed by atoms with E-state index in [2.05, 4.69) is 20.9 Å². The molecule has 0 bridgehead atoms. The third-order valence-corrected chi connectivity index (χ3v) is 4.05. The van der Waals surface area contributed by atoms with E-state index in [1.165, 1.54) is 17.3 Å². The molecule has 1 aromatic heterocycles. The Morgan fingerprint density at radius 3 is 2.89 bits per heavy atom. The van der Waals surface area contributed by atoms with Gasteiger partial charge in [-0.3, -0.25) is 9.78 Å². The topological polar surface area (TPSA) is 70.5 Å². The molecule has 5 nitrogen and oxygen atoms in total. The third kappa shape index (κ3) is 2.94. The Balaban J connectivity index is 2.27. The van der Waals surface area contributed by atoms with Crippen LogP contribution in [0.3, 0.4) is 0 Å². The van der Waals surface area contributed by atoms with Crippen LogP contribution in [0.5, 0.6) is 0 Å². The standard InChI is InChI=1S/C13H15BrN2O3/c1-8-3-5-16(11(6-8)13(18)19)12(17)9-2-4-15-7-10(9)14/h2,4,7-8,11H,3,5-6H2,1H3,(H,18,19). The number of amides is 1. The summed E-state index contributed by atoms with van der Waals surface area (Å²) >= 11 is 3.27. The Hall–Kier alpha value is -1.43. The molecule has 102 valence electrons. The van der Waals surface area contributed by atoms with Crippen molar-refractivity contribution in [2.45, 2.75) is 25.8 Å². The minimum absolute atomic E-state index is 0.256. The van der Waals surface area contributed by atoms with Crippen LogP contribution in [0, 0.1) is 5.92 Å². The first-order chi connectivity index (χ1) is 9.00. The van der Waals surface area contributed by atoms with Gasteiger partial charge in [0, 0.05) is 23.4 Å². The molecule has 2 atom stereocenters. The summed E-state index contributed by atoms with van der Waals surface area (Å²) < 4.78 is 0.586. The van der Waals surface area contributed by atoms with Gasteiger partial charge in [-0.2, -0.15) is 0 Å². The predicted octanol–water partition coefficient (Wildman–Crippen LogP) is 2.17. The molecule has 6 heteroatoms. The molecule has 0 radical (unpaired) electrons. The monoisotopic (exact) mass is 326 g/mol. The molecule has 19 heavy (non-hydrogen) atoms. The smallest absolute Gasteiger partial charge is 0.326 e. The zero-order valence-electron chi connectivity index (χ0n) is 10.5. The van der Waals surface area contributed by atoms with Gasteiger partial charge in [0.2, 0.25) is 0 Å². The van der Waals surface area contributed by atoms with E-state index in [4.69, 9.17) is 0 Å². The largest absolute Gasteiger partial charge is 0.480 e. The highest BCUT2D eigenvalue weighted by atomic mass is 79.9. The van der Waals surface area contributed by atoms with Crippen LogP contribution in [0.15, 0.2) is 22.9 Å². The summed E-state index contributed by atoms with van der Waals surface area (Å²) in [6.07, 6.45) is 4.40. The number of carboxylic acids is 1. The summed E-state index contributed by atoms with van der Waals surface area (Å²) in [5.41, 5.74) is 0.454. The van der Waals surface area contributed by atoms with Crippen molar-refractivity contribution in [3.05, 3.63) is 28.5 Å². The molecule has 0 aliphatic carbocycles. The normalized spacial score (nSPS) is 23.2. The van der Waals surface area contributed by atoms with Crippen LogP contribution < -0.4 is 0 Å². The van der Waals surface area contributed by atoms with Crippen LogP contribution in [0.25, 0.3) is 0 Å². The minimum Gasteiger partial charge on any atom is -0.480 e. The number of hydrogen-bond acceptors (Lipinski definition) is 3. The number of likely N-dealkylation sites (tertiary alicyclic amines) is 1. The highest BCUT2D eigenvalue weighted by Gasteiger charge is 2.35. The van der Waals surface area contributed by atoms with Crippen molar-refractivity contribution in [2.24, 2.45) is 5.92 Å². The zero-order chi connectivity index (χ0) is 14.0. The zero-order valence-corrected chi connectivity index (χ0v) is 12.1. The summed E-state index contributed by atoms with van der Waals surface area (Å²) in [5.74, 6) is -0.871. The quantitative estimate of drug-likeness (QED) is 0.904. The molecule has 1 N–H and O–H groups in total. The van der Waals surface area contributed by atoms with E-state index in [1.807, 2.05) is 6.92 Å². The predicted molar refractivity (Wildman–Crippen MR) is 72.8 cm³/mol. The third-order valence-electron chi connectivity index (χ3n) is 3.41. The van der Waals surface area contributed by atoms with Crippen LogP contribution in [0.1, 0.15) is 30.1 Å². The van der Waals surface area contributed by atoms with Crippen molar-refractivity contribution < 1.29 is 14.7 Å². The lowest BCUT2D eigenvalue weighted by Crippen LogP contribution is -2.49. The van der Waals surface area contributed by atoms with Crippen molar-refractivity contribution >= 4 is 27.8 Å². The number of hydrogen-bond donors (Lipinski definition) is 1. The van der Waals surface area contributed by atoms with Gasteiger partial charge in [0.25, 0.3) is 5.91 Å². The van der Waals surface area contributed by atoms with Crippen LogP contribution in [-0.4, -0.2) is 39.5 Å². The highest BCUT2D eigenvalue weighted by molar-refractivity contribution is 9.10.